The minimum absolute atomic E-state index is 0.0208. The van der Waals surface area contributed by atoms with Crippen LogP contribution in [0.15, 0.2) is 11.8 Å². The van der Waals surface area contributed by atoms with E-state index in [4.69, 9.17) is 0 Å². The Labute approximate surface area is 68.6 Å². The first-order chi connectivity index (χ1) is 5.57. The highest BCUT2D eigenvalue weighted by Gasteiger charge is 2.38. The molecular weight excluding hydrogens is 162 g/mol. The van der Waals surface area contributed by atoms with E-state index in [9.17, 15) is 14.4 Å². The van der Waals surface area contributed by atoms with Crippen LogP contribution in [0.4, 0.5) is 4.79 Å². The Morgan fingerprint density at radius 3 is 2.42 bits per heavy atom. The van der Waals surface area contributed by atoms with Gasteiger partial charge in [-0.15, -0.1) is 0 Å². The monoisotopic (exact) mass is 169 g/mol. The highest BCUT2D eigenvalue weighted by Crippen LogP contribution is 2.16. The summed E-state index contributed by atoms with van der Waals surface area (Å²) in [6.07, 6.45) is 0.426. The standard InChI is InChI=1S/C7H7NO4/c1-3-5-6(10)12-7(11)8(5)4(2)9/h3H,1-2H3. The Hall–Kier alpha value is -1.65. The van der Waals surface area contributed by atoms with E-state index in [2.05, 4.69) is 4.74 Å². The molecule has 0 N–H and O–H groups in total. The third-order valence-electron chi connectivity index (χ3n) is 1.40. The lowest BCUT2D eigenvalue weighted by Gasteiger charge is -2.05. The molecule has 0 unspecified atom stereocenters. The summed E-state index contributed by atoms with van der Waals surface area (Å²) in [4.78, 5) is 33.1. The van der Waals surface area contributed by atoms with Crippen LogP contribution in [0, 0.1) is 0 Å². The summed E-state index contributed by atoms with van der Waals surface area (Å²) < 4.78 is 4.20. The van der Waals surface area contributed by atoms with Crippen molar-refractivity contribution >= 4 is 18.0 Å². The molecule has 0 atom stereocenters. The van der Waals surface area contributed by atoms with Crippen LogP contribution in [0.5, 0.6) is 0 Å². The van der Waals surface area contributed by atoms with Gasteiger partial charge >= 0.3 is 12.1 Å². The zero-order valence-electron chi connectivity index (χ0n) is 6.66. The highest BCUT2D eigenvalue weighted by atomic mass is 16.6. The second-order valence-corrected chi connectivity index (χ2v) is 2.18. The summed E-state index contributed by atoms with van der Waals surface area (Å²) >= 11 is 0. The fourth-order valence-corrected chi connectivity index (χ4v) is 0.912. The van der Waals surface area contributed by atoms with Gasteiger partial charge in [0.1, 0.15) is 5.70 Å². The van der Waals surface area contributed by atoms with Crippen LogP contribution in [0.25, 0.3) is 0 Å². The van der Waals surface area contributed by atoms with Crippen LogP contribution in [0.2, 0.25) is 0 Å². The molecule has 0 aromatic carbocycles. The predicted octanol–water partition coefficient (Wildman–Crippen LogP) is 0.416. The first-order valence-electron chi connectivity index (χ1n) is 3.31. The van der Waals surface area contributed by atoms with Gasteiger partial charge in [0.15, 0.2) is 0 Å². The normalized spacial score (nSPS) is 20.2. The smallest absolute Gasteiger partial charge is 0.371 e. The first kappa shape index (κ1) is 8.45. The molecule has 0 saturated carbocycles. The van der Waals surface area contributed by atoms with Crippen LogP contribution in [0.1, 0.15) is 13.8 Å². The van der Waals surface area contributed by atoms with Gasteiger partial charge in [-0.2, -0.15) is 0 Å². The van der Waals surface area contributed by atoms with Gasteiger partial charge in [-0.3, -0.25) is 4.79 Å². The van der Waals surface area contributed by atoms with E-state index in [0.717, 1.165) is 0 Å². The molecular formula is C7H7NO4. The number of imide groups is 1. The first-order valence-corrected chi connectivity index (χ1v) is 3.31. The number of ether oxygens (including phenoxy) is 1. The van der Waals surface area contributed by atoms with Gasteiger partial charge in [-0.05, 0) is 6.92 Å². The molecule has 1 aliphatic rings. The molecule has 0 bridgehead atoms. The highest BCUT2D eigenvalue weighted by molar-refractivity contribution is 6.11. The van der Waals surface area contributed by atoms with Gasteiger partial charge in [-0.25, -0.2) is 14.5 Å². The fraction of sp³-hybridized carbons (Fsp3) is 0.286. The van der Waals surface area contributed by atoms with E-state index >= 15 is 0 Å². The maximum Gasteiger partial charge on any atom is 0.429 e. The Balaban J connectivity index is 3.06. The zero-order valence-corrected chi connectivity index (χ0v) is 6.66. The van der Waals surface area contributed by atoms with E-state index < -0.39 is 18.0 Å². The van der Waals surface area contributed by atoms with E-state index in [-0.39, 0.29) is 5.70 Å². The number of amides is 2. The summed E-state index contributed by atoms with van der Waals surface area (Å²) in [6.45, 7) is 2.73. The molecule has 1 rings (SSSR count). The molecule has 0 aromatic heterocycles. The molecule has 0 radical (unpaired) electrons. The maximum atomic E-state index is 10.8. The largest absolute Gasteiger partial charge is 0.429 e. The van der Waals surface area contributed by atoms with Crippen LogP contribution >= 0.6 is 0 Å². The summed E-state index contributed by atoms with van der Waals surface area (Å²) in [6, 6.07) is 0. The van der Waals surface area contributed by atoms with Crippen molar-refractivity contribution < 1.29 is 19.1 Å². The van der Waals surface area contributed by atoms with E-state index in [1.54, 1.807) is 6.92 Å². The predicted molar refractivity (Wildman–Crippen MR) is 37.8 cm³/mol. The lowest BCUT2D eigenvalue weighted by Crippen LogP contribution is -2.27. The molecule has 64 valence electrons. The molecule has 1 saturated heterocycles. The van der Waals surface area contributed by atoms with E-state index in [1.807, 2.05) is 0 Å². The molecule has 0 spiro atoms. The average Bonchev–Trinajstić information content (AvgIpc) is 2.24. The molecule has 5 nitrogen and oxygen atoms in total. The van der Waals surface area contributed by atoms with Gasteiger partial charge in [0, 0.05) is 6.92 Å². The van der Waals surface area contributed by atoms with Crippen LogP contribution in [-0.2, 0) is 14.3 Å². The van der Waals surface area contributed by atoms with Crippen molar-refractivity contribution in [1.82, 2.24) is 4.90 Å². The molecule has 0 aromatic rings. The second kappa shape index (κ2) is 2.77. The number of carbonyl (C=O) groups is 3. The Morgan fingerprint density at radius 1 is 1.50 bits per heavy atom. The number of hydrogen-bond acceptors (Lipinski definition) is 4. The van der Waals surface area contributed by atoms with Crippen LogP contribution < -0.4 is 0 Å². The summed E-state index contributed by atoms with van der Waals surface area (Å²) in [7, 11) is 0. The van der Waals surface area contributed by atoms with Gasteiger partial charge in [0.2, 0.25) is 5.91 Å². The van der Waals surface area contributed by atoms with Gasteiger partial charge in [0.25, 0.3) is 0 Å². The van der Waals surface area contributed by atoms with Crippen LogP contribution in [0.3, 0.4) is 0 Å². The van der Waals surface area contributed by atoms with Gasteiger partial charge in [-0.1, -0.05) is 6.08 Å². The number of cyclic esters (lactones) is 2. The van der Waals surface area contributed by atoms with Gasteiger partial charge < -0.3 is 4.74 Å². The van der Waals surface area contributed by atoms with Crippen molar-refractivity contribution in [2.45, 2.75) is 13.8 Å². The summed E-state index contributed by atoms with van der Waals surface area (Å²) in [5.74, 6) is -1.31. The van der Waals surface area contributed by atoms with E-state index in [1.165, 1.54) is 13.0 Å². The lowest BCUT2D eigenvalue weighted by molar-refractivity contribution is -0.131. The van der Waals surface area contributed by atoms with Crippen molar-refractivity contribution in [3.8, 4) is 0 Å². The minimum atomic E-state index is -0.930. The number of esters is 1. The Morgan fingerprint density at radius 2 is 2.08 bits per heavy atom. The third kappa shape index (κ3) is 1.09. The van der Waals surface area contributed by atoms with Gasteiger partial charge in [0.05, 0.1) is 0 Å². The summed E-state index contributed by atoms with van der Waals surface area (Å²) in [5.41, 5.74) is -0.0208. The maximum absolute atomic E-state index is 10.8. The molecule has 1 heterocycles. The number of allylic oxidation sites excluding steroid dienone is 1. The molecule has 5 heteroatoms. The Kier molecular flexibility index (Phi) is 1.95. The molecule has 12 heavy (non-hydrogen) atoms. The number of nitrogens with zero attached hydrogens (tertiary/aromatic N) is 1. The van der Waals surface area contributed by atoms with Crippen LogP contribution in [-0.4, -0.2) is 22.9 Å². The minimum Gasteiger partial charge on any atom is -0.371 e. The summed E-state index contributed by atoms with van der Waals surface area (Å²) in [5, 5.41) is 0. The SMILES string of the molecule is CC=C1C(=O)OC(=O)N1C(C)=O. The average molecular weight is 169 g/mol. The molecule has 2 amide bonds. The van der Waals surface area contributed by atoms with Crippen molar-refractivity contribution in [3.63, 3.8) is 0 Å². The van der Waals surface area contributed by atoms with Crippen molar-refractivity contribution in [1.29, 1.82) is 0 Å². The lowest BCUT2D eigenvalue weighted by atomic mass is 10.4. The van der Waals surface area contributed by atoms with Crippen molar-refractivity contribution in [2.75, 3.05) is 0 Å². The fourth-order valence-electron chi connectivity index (χ4n) is 0.912. The number of rotatable bonds is 0. The van der Waals surface area contributed by atoms with Crippen molar-refractivity contribution in [3.05, 3.63) is 11.8 Å². The molecule has 1 aliphatic heterocycles. The topological polar surface area (TPSA) is 63.7 Å². The quantitative estimate of drug-likeness (QED) is 0.299. The number of hydrogen-bond donors (Lipinski definition) is 0. The molecule has 0 aliphatic carbocycles. The second-order valence-electron chi connectivity index (χ2n) is 2.18. The van der Waals surface area contributed by atoms with Crippen molar-refractivity contribution in [2.24, 2.45) is 0 Å². The molecule has 1 fully saturated rings. The number of carbonyl (C=O) groups excluding carboxylic acids is 3. The zero-order chi connectivity index (χ0) is 9.30. The Bertz CT molecular complexity index is 292. The third-order valence-corrected chi connectivity index (χ3v) is 1.40. The van der Waals surface area contributed by atoms with E-state index in [0.29, 0.717) is 4.90 Å².